The number of nitrogens with zero attached hydrogens (tertiary/aromatic N) is 2. The monoisotopic (exact) mass is 512 g/mol. The molecule has 0 aliphatic carbocycles. The summed E-state index contributed by atoms with van der Waals surface area (Å²) in [6.07, 6.45) is 5.27. The molecule has 36 heavy (non-hydrogen) atoms. The van der Waals surface area contributed by atoms with E-state index in [1.807, 2.05) is 35.2 Å². The van der Waals surface area contributed by atoms with E-state index in [1.54, 1.807) is 6.92 Å². The van der Waals surface area contributed by atoms with Crippen molar-refractivity contribution in [2.24, 2.45) is 5.92 Å². The lowest BCUT2D eigenvalue weighted by atomic mass is 9.89. The Kier molecular flexibility index (Phi) is 10.1. The number of Topliss-reactive ketones (excluding diaryl/α,β-unsaturated/α-hetero) is 1. The Morgan fingerprint density at radius 3 is 2.33 bits per heavy atom. The molecule has 0 saturated carbocycles. The molecule has 1 saturated heterocycles. The van der Waals surface area contributed by atoms with Crippen LogP contribution in [0, 0.1) is 5.92 Å². The van der Waals surface area contributed by atoms with Crippen LogP contribution < -0.4 is 0 Å². The molecule has 2 aromatic carbocycles. The molecule has 0 N–H and O–H groups in total. The second-order valence-electron chi connectivity index (χ2n) is 9.82. The van der Waals surface area contributed by atoms with E-state index in [2.05, 4.69) is 17.0 Å². The molecule has 6 nitrogen and oxygen atoms in total. The number of piperidine rings is 1. The number of amides is 1. The van der Waals surface area contributed by atoms with Crippen LogP contribution >= 0.6 is 12.4 Å². The molecule has 2 heterocycles. The van der Waals surface area contributed by atoms with Gasteiger partial charge in [0.05, 0.1) is 12.7 Å². The summed E-state index contributed by atoms with van der Waals surface area (Å²) >= 11 is 0. The summed E-state index contributed by atoms with van der Waals surface area (Å²) in [6, 6.07) is 13.8. The summed E-state index contributed by atoms with van der Waals surface area (Å²) in [6.45, 7) is 5.75. The van der Waals surface area contributed by atoms with Gasteiger partial charge in [0.15, 0.2) is 5.78 Å². The van der Waals surface area contributed by atoms with Gasteiger partial charge in [0, 0.05) is 51.6 Å². The molecule has 0 radical (unpaired) electrons. The van der Waals surface area contributed by atoms with Crippen molar-refractivity contribution in [3.63, 3.8) is 0 Å². The Morgan fingerprint density at radius 1 is 0.944 bits per heavy atom. The smallest absolute Gasteiger partial charge is 0.338 e. The van der Waals surface area contributed by atoms with Gasteiger partial charge in [-0.05, 0) is 66.8 Å². The lowest BCUT2D eigenvalue weighted by Gasteiger charge is -2.31. The number of ether oxygens (including phenoxy) is 1. The summed E-state index contributed by atoms with van der Waals surface area (Å²) in [5.41, 5.74) is 4.98. The number of likely N-dealkylation sites (tertiary alicyclic amines) is 1. The van der Waals surface area contributed by atoms with Gasteiger partial charge < -0.3 is 9.64 Å². The molecule has 2 aliphatic rings. The van der Waals surface area contributed by atoms with Gasteiger partial charge >= 0.3 is 5.97 Å². The predicted molar refractivity (Wildman–Crippen MR) is 143 cm³/mol. The Balaban J connectivity index is 0.00000361. The quantitative estimate of drug-likeness (QED) is 0.397. The summed E-state index contributed by atoms with van der Waals surface area (Å²) in [4.78, 5) is 40.9. The summed E-state index contributed by atoms with van der Waals surface area (Å²) in [7, 11) is 1.41. The average molecular weight is 513 g/mol. The highest BCUT2D eigenvalue weighted by Crippen LogP contribution is 2.25. The SMILES string of the molecule is COC(=O)c1ccccc1CN1CCc2ccc(C(=O)CCC3CCN(C(C)=O)CC3)cc2CC1.Cl. The van der Waals surface area contributed by atoms with E-state index in [-0.39, 0.29) is 30.1 Å². The summed E-state index contributed by atoms with van der Waals surface area (Å²) in [5.74, 6) is 0.591. The van der Waals surface area contributed by atoms with Gasteiger partial charge in [0.1, 0.15) is 0 Å². The van der Waals surface area contributed by atoms with E-state index in [1.165, 1.54) is 18.2 Å². The topological polar surface area (TPSA) is 66.9 Å². The maximum absolute atomic E-state index is 12.9. The van der Waals surface area contributed by atoms with Gasteiger partial charge in [-0.2, -0.15) is 0 Å². The van der Waals surface area contributed by atoms with Crippen LogP contribution in [0.2, 0.25) is 0 Å². The molecule has 0 bridgehead atoms. The number of fused-ring (bicyclic) bond motifs is 1. The summed E-state index contributed by atoms with van der Waals surface area (Å²) < 4.78 is 4.94. The van der Waals surface area contributed by atoms with E-state index in [0.29, 0.717) is 24.4 Å². The first-order valence-electron chi connectivity index (χ1n) is 12.7. The van der Waals surface area contributed by atoms with Crippen molar-refractivity contribution in [3.05, 3.63) is 70.3 Å². The maximum atomic E-state index is 12.9. The minimum absolute atomic E-state index is 0. The number of rotatable bonds is 7. The van der Waals surface area contributed by atoms with Gasteiger partial charge in [-0.15, -0.1) is 12.4 Å². The van der Waals surface area contributed by atoms with Gasteiger partial charge in [-0.3, -0.25) is 14.5 Å². The van der Waals surface area contributed by atoms with Crippen LogP contribution in [0.4, 0.5) is 0 Å². The van der Waals surface area contributed by atoms with Crippen molar-refractivity contribution in [2.75, 3.05) is 33.3 Å². The van der Waals surface area contributed by atoms with Crippen molar-refractivity contribution in [3.8, 4) is 0 Å². The lowest BCUT2D eigenvalue weighted by molar-refractivity contribution is -0.130. The molecule has 2 aliphatic heterocycles. The molecule has 194 valence electrons. The van der Waals surface area contributed by atoms with E-state index in [9.17, 15) is 14.4 Å². The van der Waals surface area contributed by atoms with E-state index < -0.39 is 0 Å². The Hall–Kier alpha value is -2.70. The normalized spacial score (nSPS) is 16.4. The number of hydrogen-bond acceptors (Lipinski definition) is 5. The predicted octanol–water partition coefficient (Wildman–Crippen LogP) is 4.72. The molecule has 2 aromatic rings. The van der Waals surface area contributed by atoms with Crippen molar-refractivity contribution in [1.82, 2.24) is 9.80 Å². The van der Waals surface area contributed by atoms with Crippen LogP contribution in [0.3, 0.4) is 0 Å². The number of esters is 1. The van der Waals surface area contributed by atoms with Crippen molar-refractivity contribution >= 4 is 30.1 Å². The molecule has 0 aromatic heterocycles. The lowest BCUT2D eigenvalue weighted by Crippen LogP contribution is -2.37. The van der Waals surface area contributed by atoms with Crippen LogP contribution in [0.25, 0.3) is 0 Å². The number of hydrogen-bond donors (Lipinski definition) is 0. The van der Waals surface area contributed by atoms with Gasteiger partial charge in [-0.25, -0.2) is 4.79 Å². The zero-order valence-electron chi connectivity index (χ0n) is 21.3. The number of methoxy groups -OCH3 is 1. The fourth-order valence-electron chi connectivity index (χ4n) is 5.33. The molecule has 0 spiro atoms. The standard InChI is InChI=1S/C29H36N2O4.ClH/c1-21(32)31-17-11-22(12-18-31)7-10-28(33)25-9-8-23-13-15-30(16-14-24(23)19-25)20-26-5-3-4-6-27(26)29(34)35-2;/h3-6,8-9,19,22H,7,10-18,20H2,1-2H3;1H. The Bertz CT molecular complexity index is 1080. The second-order valence-corrected chi connectivity index (χ2v) is 9.82. The zero-order valence-corrected chi connectivity index (χ0v) is 22.1. The first-order chi connectivity index (χ1) is 16.9. The second kappa shape index (κ2) is 13.0. The molecular formula is C29H37ClN2O4. The molecule has 7 heteroatoms. The minimum atomic E-state index is -0.300. The third-order valence-corrected chi connectivity index (χ3v) is 7.58. The summed E-state index contributed by atoms with van der Waals surface area (Å²) in [5, 5.41) is 0. The molecule has 4 rings (SSSR count). The number of carbonyl (C=O) groups excluding carboxylic acids is 3. The molecular weight excluding hydrogens is 476 g/mol. The fraction of sp³-hybridized carbons (Fsp3) is 0.483. The van der Waals surface area contributed by atoms with Gasteiger partial charge in [0.2, 0.25) is 5.91 Å². The van der Waals surface area contributed by atoms with Crippen LogP contribution in [0.5, 0.6) is 0 Å². The van der Waals surface area contributed by atoms with E-state index in [4.69, 9.17) is 4.74 Å². The molecule has 0 unspecified atom stereocenters. The van der Waals surface area contributed by atoms with Crippen molar-refractivity contribution in [2.45, 2.75) is 52.0 Å². The molecule has 1 amide bonds. The van der Waals surface area contributed by atoms with Crippen molar-refractivity contribution < 1.29 is 19.1 Å². The zero-order chi connectivity index (χ0) is 24.8. The molecule has 1 fully saturated rings. The van der Waals surface area contributed by atoms with Crippen LogP contribution in [0.1, 0.15) is 70.0 Å². The Labute approximate surface area is 220 Å². The number of halogens is 1. The van der Waals surface area contributed by atoms with Crippen molar-refractivity contribution in [1.29, 1.82) is 0 Å². The van der Waals surface area contributed by atoms with Crippen LogP contribution in [0.15, 0.2) is 42.5 Å². The Morgan fingerprint density at radius 2 is 1.64 bits per heavy atom. The third-order valence-electron chi connectivity index (χ3n) is 7.58. The highest BCUT2D eigenvalue weighted by Gasteiger charge is 2.22. The number of benzene rings is 2. The molecule has 0 atom stereocenters. The van der Waals surface area contributed by atoms with E-state index >= 15 is 0 Å². The van der Waals surface area contributed by atoms with Crippen LogP contribution in [-0.2, 0) is 28.9 Å². The highest BCUT2D eigenvalue weighted by molar-refractivity contribution is 5.96. The maximum Gasteiger partial charge on any atom is 0.338 e. The fourth-order valence-corrected chi connectivity index (χ4v) is 5.33. The average Bonchev–Trinajstić information content (AvgIpc) is 3.09. The number of ketones is 1. The van der Waals surface area contributed by atoms with Gasteiger partial charge in [0.25, 0.3) is 0 Å². The van der Waals surface area contributed by atoms with E-state index in [0.717, 1.165) is 69.4 Å². The minimum Gasteiger partial charge on any atom is -0.465 e. The largest absolute Gasteiger partial charge is 0.465 e. The van der Waals surface area contributed by atoms with Crippen LogP contribution in [-0.4, -0.2) is 60.7 Å². The van der Waals surface area contributed by atoms with Gasteiger partial charge in [-0.1, -0.05) is 30.3 Å². The highest BCUT2D eigenvalue weighted by atomic mass is 35.5. The first-order valence-corrected chi connectivity index (χ1v) is 12.7. The third kappa shape index (κ3) is 6.95. The first kappa shape index (κ1) is 27.9. The number of carbonyl (C=O) groups is 3.